The summed E-state index contributed by atoms with van der Waals surface area (Å²) in [6.45, 7) is 6.08. The first-order chi connectivity index (χ1) is 16.9. The molecule has 1 aromatic heterocycles. The first-order valence-electron chi connectivity index (χ1n) is 11.6. The lowest BCUT2D eigenvalue weighted by Crippen LogP contribution is -2.43. The highest BCUT2D eigenvalue weighted by molar-refractivity contribution is 7.11. The summed E-state index contributed by atoms with van der Waals surface area (Å²) in [4.78, 5) is 32.3. The third kappa shape index (κ3) is 8.46. The van der Waals surface area contributed by atoms with Gasteiger partial charge >= 0.3 is 0 Å². The van der Waals surface area contributed by atoms with E-state index in [1.54, 1.807) is 57.5 Å². The molecule has 0 N–H and O–H groups in total. The molecule has 0 radical (unpaired) electrons. The maximum absolute atomic E-state index is 13.5. The van der Waals surface area contributed by atoms with Crippen LogP contribution in [0.15, 0.2) is 60.7 Å². The third-order valence-electron chi connectivity index (χ3n) is 5.41. The van der Waals surface area contributed by atoms with Gasteiger partial charge in [0.1, 0.15) is 12.4 Å². The number of rotatable bonds is 12. The molecular formula is C27H30ClFN2O3S. The minimum Gasteiger partial charge on any atom is -0.382 e. The lowest BCUT2D eigenvalue weighted by Gasteiger charge is -2.28. The lowest BCUT2D eigenvalue weighted by atomic mass is 10.1. The molecule has 2 aromatic carbocycles. The number of hydrogen-bond donors (Lipinski definition) is 0. The standard InChI is InChI=1S/C27H30ClFN2O3S/c1-3-34-16-4-15-30(27(33)22-8-10-23(28)11-9-22)19-26(32)31(18-25-14-5-20(2)35-25)17-21-6-12-24(29)13-7-21/h5-14H,3-4,15-19H2,1-2H3. The van der Waals surface area contributed by atoms with Gasteiger partial charge in [-0.15, -0.1) is 11.3 Å². The number of thiophene rings is 1. The summed E-state index contributed by atoms with van der Waals surface area (Å²) in [5, 5.41) is 0.539. The third-order valence-corrected chi connectivity index (χ3v) is 6.64. The van der Waals surface area contributed by atoms with Crippen LogP contribution in [-0.4, -0.2) is 47.9 Å². The minimum absolute atomic E-state index is 0.0703. The Bertz CT molecular complexity index is 1100. The van der Waals surface area contributed by atoms with Gasteiger partial charge in [0.2, 0.25) is 5.91 Å². The Morgan fingerprint density at radius 3 is 2.31 bits per heavy atom. The van der Waals surface area contributed by atoms with Gasteiger partial charge in [-0.05, 0) is 74.4 Å². The second kappa shape index (κ2) is 13.4. The maximum atomic E-state index is 13.5. The average Bonchev–Trinajstić information content (AvgIpc) is 3.26. The molecule has 0 aliphatic carbocycles. The van der Waals surface area contributed by atoms with E-state index in [0.717, 1.165) is 15.3 Å². The fourth-order valence-corrected chi connectivity index (χ4v) is 4.63. The van der Waals surface area contributed by atoms with Crippen LogP contribution < -0.4 is 0 Å². The number of amides is 2. The molecule has 0 aliphatic heterocycles. The SMILES string of the molecule is CCOCCCN(CC(=O)N(Cc1ccc(F)cc1)Cc1ccc(C)s1)C(=O)c1ccc(Cl)cc1. The van der Waals surface area contributed by atoms with Crippen LogP contribution >= 0.6 is 22.9 Å². The zero-order valence-electron chi connectivity index (χ0n) is 20.0. The molecule has 0 fully saturated rings. The predicted molar refractivity (Wildman–Crippen MR) is 138 cm³/mol. The van der Waals surface area contributed by atoms with Gasteiger partial charge in [0.15, 0.2) is 0 Å². The van der Waals surface area contributed by atoms with Gasteiger partial charge in [0.05, 0.1) is 6.54 Å². The van der Waals surface area contributed by atoms with Crippen LogP contribution in [0.5, 0.6) is 0 Å². The Balaban J connectivity index is 1.79. The number of carbonyl (C=O) groups is 2. The summed E-state index contributed by atoms with van der Waals surface area (Å²) in [6, 6.07) is 16.8. The monoisotopic (exact) mass is 516 g/mol. The number of halogens is 2. The van der Waals surface area contributed by atoms with E-state index < -0.39 is 0 Å². The van der Waals surface area contributed by atoms with Crippen molar-refractivity contribution in [1.29, 1.82) is 0 Å². The minimum atomic E-state index is -0.324. The molecule has 0 atom stereocenters. The lowest BCUT2D eigenvalue weighted by molar-refractivity contribution is -0.133. The molecule has 186 valence electrons. The molecule has 0 aliphatic rings. The molecular weight excluding hydrogens is 487 g/mol. The number of benzene rings is 2. The van der Waals surface area contributed by atoms with Crippen LogP contribution in [0.3, 0.4) is 0 Å². The zero-order chi connectivity index (χ0) is 25.2. The van der Waals surface area contributed by atoms with Crippen molar-refractivity contribution in [2.75, 3.05) is 26.3 Å². The van der Waals surface area contributed by atoms with Crippen molar-refractivity contribution in [3.63, 3.8) is 0 Å². The van der Waals surface area contributed by atoms with E-state index in [2.05, 4.69) is 0 Å². The summed E-state index contributed by atoms with van der Waals surface area (Å²) < 4.78 is 18.8. The summed E-state index contributed by atoms with van der Waals surface area (Å²) in [5.74, 6) is -0.742. The Morgan fingerprint density at radius 1 is 0.971 bits per heavy atom. The van der Waals surface area contributed by atoms with Crippen LogP contribution in [0, 0.1) is 12.7 Å². The van der Waals surface area contributed by atoms with Gasteiger partial charge < -0.3 is 14.5 Å². The van der Waals surface area contributed by atoms with E-state index in [4.69, 9.17) is 16.3 Å². The van der Waals surface area contributed by atoms with Crippen LogP contribution in [0.1, 0.15) is 39.0 Å². The Morgan fingerprint density at radius 2 is 1.69 bits per heavy atom. The van der Waals surface area contributed by atoms with Gasteiger partial charge in [0.25, 0.3) is 5.91 Å². The second-order valence-corrected chi connectivity index (χ2v) is 9.98. The highest BCUT2D eigenvalue weighted by Crippen LogP contribution is 2.20. The maximum Gasteiger partial charge on any atom is 0.254 e. The number of ether oxygens (including phenoxy) is 1. The summed E-state index contributed by atoms with van der Waals surface area (Å²) >= 11 is 7.61. The van der Waals surface area contributed by atoms with E-state index in [1.165, 1.54) is 12.1 Å². The normalized spacial score (nSPS) is 10.9. The molecule has 1 heterocycles. The highest BCUT2D eigenvalue weighted by Gasteiger charge is 2.23. The van der Waals surface area contributed by atoms with Gasteiger partial charge in [-0.2, -0.15) is 0 Å². The van der Waals surface area contributed by atoms with Crippen molar-refractivity contribution in [3.05, 3.63) is 92.4 Å². The molecule has 0 saturated carbocycles. The first kappa shape index (κ1) is 26.9. The van der Waals surface area contributed by atoms with Gasteiger partial charge in [-0.25, -0.2) is 4.39 Å². The zero-order valence-corrected chi connectivity index (χ0v) is 21.6. The van der Waals surface area contributed by atoms with E-state index in [0.29, 0.717) is 49.9 Å². The second-order valence-electron chi connectivity index (χ2n) is 8.17. The van der Waals surface area contributed by atoms with Crippen molar-refractivity contribution < 1.29 is 18.7 Å². The average molecular weight is 517 g/mol. The number of carbonyl (C=O) groups excluding carboxylic acids is 2. The largest absolute Gasteiger partial charge is 0.382 e. The molecule has 5 nitrogen and oxygen atoms in total. The van der Waals surface area contributed by atoms with Crippen LogP contribution in [0.2, 0.25) is 5.02 Å². The van der Waals surface area contributed by atoms with Gasteiger partial charge in [0, 0.05) is 46.6 Å². The molecule has 0 unspecified atom stereocenters. The van der Waals surface area contributed by atoms with Gasteiger partial charge in [-0.3, -0.25) is 9.59 Å². The molecule has 0 bridgehead atoms. The molecule has 0 spiro atoms. The summed E-state index contributed by atoms with van der Waals surface area (Å²) in [6.07, 6.45) is 0.614. The molecule has 8 heteroatoms. The fraction of sp³-hybridized carbons (Fsp3) is 0.333. The van der Waals surface area contributed by atoms with Crippen molar-refractivity contribution in [3.8, 4) is 0 Å². The summed E-state index contributed by atoms with van der Waals surface area (Å²) in [5.41, 5.74) is 1.29. The highest BCUT2D eigenvalue weighted by atomic mass is 35.5. The van der Waals surface area contributed by atoms with E-state index in [1.807, 2.05) is 26.0 Å². The van der Waals surface area contributed by atoms with E-state index in [-0.39, 0.29) is 24.2 Å². The van der Waals surface area contributed by atoms with Crippen molar-refractivity contribution in [2.24, 2.45) is 0 Å². The molecule has 3 rings (SSSR count). The van der Waals surface area contributed by atoms with E-state index >= 15 is 0 Å². The van der Waals surface area contributed by atoms with Crippen LogP contribution in [-0.2, 0) is 22.6 Å². The molecule has 3 aromatic rings. The van der Waals surface area contributed by atoms with E-state index in [9.17, 15) is 14.0 Å². The van der Waals surface area contributed by atoms with Crippen molar-refractivity contribution in [2.45, 2.75) is 33.4 Å². The quantitative estimate of drug-likeness (QED) is 0.280. The Labute approximate surface area is 215 Å². The molecule has 0 saturated heterocycles. The predicted octanol–water partition coefficient (Wildman–Crippen LogP) is 5.95. The topological polar surface area (TPSA) is 49.9 Å². The Kier molecular flexibility index (Phi) is 10.3. The van der Waals surface area contributed by atoms with Crippen molar-refractivity contribution in [1.82, 2.24) is 9.80 Å². The van der Waals surface area contributed by atoms with Crippen LogP contribution in [0.25, 0.3) is 0 Å². The summed E-state index contributed by atoms with van der Waals surface area (Å²) in [7, 11) is 0. The number of hydrogen-bond acceptors (Lipinski definition) is 4. The number of aryl methyl sites for hydroxylation is 1. The number of nitrogens with zero attached hydrogens (tertiary/aromatic N) is 2. The first-order valence-corrected chi connectivity index (χ1v) is 12.7. The van der Waals surface area contributed by atoms with Crippen LogP contribution in [0.4, 0.5) is 4.39 Å². The fourth-order valence-electron chi connectivity index (χ4n) is 3.59. The molecule has 2 amide bonds. The smallest absolute Gasteiger partial charge is 0.254 e. The van der Waals surface area contributed by atoms with Crippen molar-refractivity contribution >= 4 is 34.8 Å². The van der Waals surface area contributed by atoms with Gasteiger partial charge in [-0.1, -0.05) is 23.7 Å². The molecule has 35 heavy (non-hydrogen) atoms. The Hall–Kier alpha value is -2.74.